The minimum Gasteiger partial charge on any atom is -1.00 e. The topological polar surface area (TPSA) is 0 Å². The van der Waals surface area contributed by atoms with Crippen molar-refractivity contribution in [2.45, 2.75) is 0 Å². The molecule has 5 heteroatoms. The summed E-state index contributed by atoms with van der Waals surface area (Å²) in [5.41, 5.74) is 0. The van der Waals surface area contributed by atoms with E-state index in [0.29, 0.717) is 0 Å². The predicted octanol–water partition coefficient (Wildman–Crippen LogP) is 0.895. The van der Waals surface area contributed by atoms with Crippen LogP contribution >= 0.6 is 15.8 Å². The van der Waals surface area contributed by atoms with Crippen molar-refractivity contribution in [1.29, 1.82) is 0 Å². The molecule has 0 aliphatic rings. The van der Waals surface area contributed by atoms with Crippen molar-refractivity contribution in [3.05, 3.63) is 182 Å². The first-order valence-electron chi connectivity index (χ1n) is 12.8. The van der Waals surface area contributed by atoms with Crippen LogP contribution in [0.25, 0.3) is 0 Å². The second kappa shape index (κ2) is 18.8. The third-order valence-electron chi connectivity index (χ3n) is 6.09. The van der Waals surface area contributed by atoms with E-state index < -0.39 is 15.8 Å². The average Bonchev–Trinajstić information content (AvgIpc) is 3.01. The SMILES string of the molecule is [Cl-].[Cl-].[Pt+4].c1ccc(P(c2ccccc2)c2ccccc2)cc1.c1ccc(P(c2ccccc2)c2ccccc2)cc1. The molecule has 0 saturated carbocycles. The van der Waals surface area contributed by atoms with Gasteiger partial charge in [0.15, 0.2) is 0 Å². The van der Waals surface area contributed by atoms with Crippen LogP contribution in [0.1, 0.15) is 0 Å². The average molecular weight is 791 g/mol. The van der Waals surface area contributed by atoms with Gasteiger partial charge >= 0.3 is 21.1 Å². The van der Waals surface area contributed by atoms with Crippen molar-refractivity contribution in [2.24, 2.45) is 0 Å². The molecule has 0 radical (unpaired) electrons. The molecule has 0 atom stereocenters. The van der Waals surface area contributed by atoms with Crippen LogP contribution in [0.15, 0.2) is 182 Å². The van der Waals surface area contributed by atoms with Gasteiger partial charge in [-0.2, -0.15) is 0 Å². The molecule has 0 bridgehead atoms. The van der Waals surface area contributed by atoms with E-state index in [-0.39, 0.29) is 45.9 Å². The maximum absolute atomic E-state index is 2.23. The van der Waals surface area contributed by atoms with E-state index in [1.807, 2.05) is 0 Å². The Bertz CT molecular complexity index is 1180. The van der Waals surface area contributed by atoms with E-state index in [2.05, 4.69) is 182 Å². The Hall–Kier alpha value is -2.55. The van der Waals surface area contributed by atoms with Crippen LogP contribution in [0.5, 0.6) is 0 Å². The second-order valence-electron chi connectivity index (χ2n) is 8.68. The Morgan fingerprint density at radius 2 is 0.341 bits per heavy atom. The third-order valence-corrected chi connectivity index (χ3v) is 11.0. The van der Waals surface area contributed by atoms with Crippen molar-refractivity contribution in [1.82, 2.24) is 0 Å². The molecule has 6 aromatic rings. The Balaban J connectivity index is 0.000000267. The minimum atomic E-state index is -0.446. The number of hydrogen-bond acceptors (Lipinski definition) is 0. The first-order valence-corrected chi connectivity index (χ1v) is 15.5. The van der Waals surface area contributed by atoms with Crippen LogP contribution in [0.4, 0.5) is 0 Å². The summed E-state index contributed by atoms with van der Waals surface area (Å²) in [7, 11) is -0.892. The Morgan fingerprint density at radius 3 is 0.463 bits per heavy atom. The van der Waals surface area contributed by atoms with Crippen LogP contribution in [0.3, 0.4) is 0 Å². The number of rotatable bonds is 6. The molecule has 0 fully saturated rings. The zero-order chi connectivity index (χ0) is 25.8. The summed E-state index contributed by atoms with van der Waals surface area (Å²) in [4.78, 5) is 0. The number of halogens is 2. The summed E-state index contributed by atoms with van der Waals surface area (Å²) in [6.45, 7) is 0. The monoisotopic (exact) mass is 789 g/mol. The van der Waals surface area contributed by atoms with Gasteiger partial charge in [-0.15, -0.1) is 0 Å². The van der Waals surface area contributed by atoms with Gasteiger partial charge in [0.1, 0.15) is 0 Å². The molecular weight excluding hydrogens is 760 g/mol. The molecule has 0 aliphatic carbocycles. The van der Waals surface area contributed by atoms with Gasteiger partial charge in [0.2, 0.25) is 0 Å². The summed E-state index contributed by atoms with van der Waals surface area (Å²) in [5, 5.41) is 8.39. The Labute approximate surface area is 273 Å². The maximum atomic E-state index is 2.23. The first-order chi connectivity index (χ1) is 18.9. The molecule has 0 heterocycles. The molecule has 0 spiro atoms. The van der Waals surface area contributed by atoms with Crippen LogP contribution in [0.2, 0.25) is 0 Å². The van der Waals surface area contributed by atoms with Gasteiger partial charge in [-0.05, 0) is 47.7 Å². The number of benzene rings is 6. The second-order valence-corrected chi connectivity index (χ2v) is 13.1. The molecule has 0 saturated heterocycles. The van der Waals surface area contributed by atoms with Gasteiger partial charge in [0.05, 0.1) is 0 Å². The fourth-order valence-electron chi connectivity index (χ4n) is 4.36. The molecule has 0 nitrogen and oxygen atoms in total. The first kappa shape index (κ1) is 34.6. The Kier molecular flexibility index (Phi) is 15.9. The fraction of sp³-hybridized carbons (Fsp3) is 0. The van der Waals surface area contributed by atoms with Crippen molar-refractivity contribution in [2.75, 3.05) is 0 Å². The molecule has 41 heavy (non-hydrogen) atoms. The van der Waals surface area contributed by atoms with E-state index in [1.54, 1.807) is 0 Å². The molecular formula is C36H30Cl2P2Pt+2. The normalized spacial score (nSPS) is 9.80. The van der Waals surface area contributed by atoms with Crippen molar-refractivity contribution < 1.29 is 45.9 Å². The largest absolute Gasteiger partial charge is 4.00 e. The Morgan fingerprint density at radius 1 is 0.220 bits per heavy atom. The van der Waals surface area contributed by atoms with E-state index in [0.717, 1.165) is 0 Å². The summed E-state index contributed by atoms with van der Waals surface area (Å²) in [5.74, 6) is 0. The maximum Gasteiger partial charge on any atom is 4.00 e. The van der Waals surface area contributed by atoms with Gasteiger partial charge < -0.3 is 24.8 Å². The molecule has 0 unspecified atom stereocenters. The predicted molar refractivity (Wildman–Crippen MR) is 170 cm³/mol. The van der Waals surface area contributed by atoms with Crippen molar-refractivity contribution in [3.63, 3.8) is 0 Å². The van der Waals surface area contributed by atoms with Gasteiger partial charge in [0.25, 0.3) is 0 Å². The zero-order valence-corrected chi connectivity index (χ0v) is 27.9. The quantitative estimate of drug-likeness (QED) is 0.221. The van der Waals surface area contributed by atoms with Gasteiger partial charge in [-0.1, -0.05) is 182 Å². The standard InChI is InChI=1S/2C18H15P.2ClH.Pt/c2*1-4-10-16(11-5-1)19(17-12-6-2-7-13-17)18-14-8-3-9-15-18;;;/h2*1-15H;2*1H;/q;;;;+4/p-2. The fourth-order valence-corrected chi connectivity index (χ4v) is 8.97. The van der Waals surface area contributed by atoms with Crippen molar-refractivity contribution in [3.8, 4) is 0 Å². The zero-order valence-electron chi connectivity index (χ0n) is 22.3. The van der Waals surface area contributed by atoms with Gasteiger partial charge in [0, 0.05) is 0 Å². The summed E-state index contributed by atoms with van der Waals surface area (Å²) in [6.07, 6.45) is 0. The molecule has 0 amide bonds. The summed E-state index contributed by atoms with van der Waals surface area (Å²) >= 11 is 0. The van der Waals surface area contributed by atoms with Gasteiger partial charge in [-0.3, -0.25) is 0 Å². The molecule has 0 N–H and O–H groups in total. The van der Waals surface area contributed by atoms with E-state index in [1.165, 1.54) is 31.8 Å². The van der Waals surface area contributed by atoms with E-state index >= 15 is 0 Å². The van der Waals surface area contributed by atoms with E-state index in [9.17, 15) is 0 Å². The van der Waals surface area contributed by atoms with Crippen molar-refractivity contribution >= 4 is 47.7 Å². The molecule has 0 aliphatic heterocycles. The van der Waals surface area contributed by atoms with Crippen LogP contribution in [-0.2, 0) is 21.1 Å². The number of hydrogen-bond donors (Lipinski definition) is 0. The minimum absolute atomic E-state index is 0. The molecule has 0 aromatic heterocycles. The van der Waals surface area contributed by atoms with Crippen LogP contribution in [-0.4, -0.2) is 0 Å². The molecule has 206 valence electrons. The third kappa shape index (κ3) is 9.76. The molecule has 6 aromatic carbocycles. The van der Waals surface area contributed by atoms with E-state index in [4.69, 9.17) is 0 Å². The van der Waals surface area contributed by atoms with Crippen LogP contribution in [0, 0.1) is 0 Å². The smallest absolute Gasteiger partial charge is 1.00 e. The van der Waals surface area contributed by atoms with Gasteiger partial charge in [-0.25, -0.2) is 0 Å². The molecule has 6 rings (SSSR count). The van der Waals surface area contributed by atoms with Crippen LogP contribution < -0.4 is 56.6 Å². The summed E-state index contributed by atoms with van der Waals surface area (Å²) < 4.78 is 0. The summed E-state index contributed by atoms with van der Waals surface area (Å²) in [6, 6.07) is 64.7.